The van der Waals surface area contributed by atoms with Crippen LogP contribution in [0.15, 0.2) is 113 Å². The quantitative estimate of drug-likeness (QED) is 0.0472. The number of carbonyl (C=O) groups is 1. The normalized spacial score (nSPS) is 24.0. The van der Waals surface area contributed by atoms with Crippen LogP contribution in [-0.2, 0) is 20.9 Å². The van der Waals surface area contributed by atoms with E-state index in [1.807, 2.05) is 60.7 Å². The van der Waals surface area contributed by atoms with Gasteiger partial charge >= 0.3 is 6.09 Å². The summed E-state index contributed by atoms with van der Waals surface area (Å²) >= 11 is 1.75. The van der Waals surface area contributed by atoms with Crippen molar-refractivity contribution in [3.8, 4) is 11.5 Å². The molecule has 6 atom stereocenters. The number of benzene rings is 3. The molecule has 0 saturated heterocycles. The highest BCUT2D eigenvalue weighted by Crippen LogP contribution is 2.61. The van der Waals surface area contributed by atoms with E-state index in [1.165, 1.54) is 4.90 Å². The van der Waals surface area contributed by atoms with E-state index in [2.05, 4.69) is 30.9 Å². The van der Waals surface area contributed by atoms with Gasteiger partial charge in [0.05, 0.1) is 31.5 Å². The van der Waals surface area contributed by atoms with Crippen LogP contribution < -0.4 is 9.47 Å². The first-order chi connectivity index (χ1) is 27.9. The van der Waals surface area contributed by atoms with E-state index in [0.717, 1.165) is 59.6 Å². The maximum absolute atomic E-state index is 13.7. The van der Waals surface area contributed by atoms with E-state index < -0.39 is 23.8 Å². The lowest BCUT2D eigenvalue weighted by molar-refractivity contribution is -0.253. The van der Waals surface area contributed by atoms with Crippen molar-refractivity contribution in [3.63, 3.8) is 0 Å². The lowest BCUT2D eigenvalue weighted by Gasteiger charge is -2.59. The van der Waals surface area contributed by atoms with Gasteiger partial charge in [0.25, 0.3) is 0 Å². The van der Waals surface area contributed by atoms with Gasteiger partial charge in [-0.3, -0.25) is 0 Å². The topological polar surface area (TPSA) is 119 Å². The van der Waals surface area contributed by atoms with E-state index in [9.17, 15) is 15.0 Å². The molecule has 10 nitrogen and oxygen atoms in total. The number of ether oxygens (including phenoxy) is 4. The van der Waals surface area contributed by atoms with Gasteiger partial charge in [0.1, 0.15) is 24.1 Å². The fourth-order valence-corrected chi connectivity index (χ4v) is 9.52. The minimum absolute atomic E-state index is 0.111. The molecule has 57 heavy (non-hydrogen) atoms. The Morgan fingerprint density at radius 3 is 2.47 bits per heavy atom. The summed E-state index contributed by atoms with van der Waals surface area (Å²) in [5.74, 6) is 0.572. The molecule has 6 unspecified atom stereocenters. The third-order valence-corrected chi connectivity index (χ3v) is 12.3. The van der Waals surface area contributed by atoms with Crippen LogP contribution in [0, 0.1) is 17.8 Å². The first-order valence-corrected chi connectivity index (χ1v) is 21.4. The number of oxime groups is 1. The number of aliphatic hydroxyl groups excluding tert-OH is 2. The molecule has 0 bridgehead atoms. The highest BCUT2D eigenvalue weighted by molar-refractivity contribution is 7.99. The molecule has 0 spiro atoms. The Morgan fingerprint density at radius 2 is 1.75 bits per heavy atom. The molecule has 0 aromatic heterocycles. The number of nitrogens with zero attached hydrogens (tertiary/aromatic N) is 2. The van der Waals surface area contributed by atoms with Crippen molar-refractivity contribution < 1.29 is 38.8 Å². The number of fused-ring (bicyclic) bond motifs is 2. The number of unbranched alkanes of at least 4 members (excludes halogenated alkanes) is 2. The summed E-state index contributed by atoms with van der Waals surface area (Å²) in [5, 5.41) is 24.6. The molecular formula is C46H58N2O8S. The predicted molar refractivity (Wildman–Crippen MR) is 224 cm³/mol. The molecule has 306 valence electrons. The summed E-state index contributed by atoms with van der Waals surface area (Å²) in [5.41, 5.74) is 3.72. The van der Waals surface area contributed by atoms with Gasteiger partial charge in [-0.1, -0.05) is 78.7 Å². The molecule has 3 aliphatic rings. The average Bonchev–Trinajstić information content (AvgIpc) is 3.23. The Hall–Kier alpha value is -4.29. The molecule has 1 aliphatic heterocycles. The summed E-state index contributed by atoms with van der Waals surface area (Å²) in [4.78, 5) is 22.6. The van der Waals surface area contributed by atoms with Crippen molar-refractivity contribution >= 4 is 23.6 Å². The van der Waals surface area contributed by atoms with E-state index in [4.69, 9.17) is 28.9 Å². The van der Waals surface area contributed by atoms with Gasteiger partial charge in [-0.25, -0.2) is 4.79 Å². The summed E-state index contributed by atoms with van der Waals surface area (Å²) in [6.07, 6.45) is 8.66. The van der Waals surface area contributed by atoms with Crippen LogP contribution in [0.3, 0.4) is 0 Å². The zero-order valence-corrected chi connectivity index (χ0v) is 34.1. The Balaban J connectivity index is 1.47. The monoisotopic (exact) mass is 798 g/mol. The SMILES string of the molecule is C=CCOC12Oc3ccc(OCCSc4ccccc4)cc3C3C(CCCCO)C(CCCCO)C=C(C(=NOCc4ccccc4)CC1N(C)C(=O)OCC)C32. The van der Waals surface area contributed by atoms with Gasteiger partial charge in [-0.2, -0.15) is 0 Å². The third-order valence-electron chi connectivity index (χ3n) is 11.3. The number of hydrogen-bond acceptors (Lipinski definition) is 10. The zero-order valence-electron chi connectivity index (χ0n) is 33.3. The number of likely N-dealkylation sites (N-methyl/N-ethyl adjacent to an activating group) is 1. The molecule has 11 heteroatoms. The standard InChI is InChI=1S/C46H58N2O8S/c1-4-26-54-46-42(48(3)45(51)52-5-2)31-40(47-55-32-33-16-8-6-9-17-33)38-29-34(18-12-14-24-49)37(21-13-15-25-50)43(44(38)46)39-30-35(22-23-41(39)56-46)53-27-28-57-36-19-10-7-11-20-36/h4,6-11,16-17,19-20,22-23,29-30,34,37,42-44,49-50H,1,5,12-15,18,21,24-28,31-32H2,2-3H3. The van der Waals surface area contributed by atoms with Crippen LogP contribution in [0.2, 0.25) is 0 Å². The molecule has 3 aromatic rings. The van der Waals surface area contributed by atoms with Gasteiger partial charge in [0, 0.05) is 48.8 Å². The number of amides is 1. The number of aliphatic hydroxyl groups is 2. The fraction of sp³-hybridized carbons (Fsp3) is 0.478. The number of thioether (sulfide) groups is 1. The van der Waals surface area contributed by atoms with Gasteiger partial charge in [0.15, 0.2) is 0 Å². The van der Waals surface area contributed by atoms with Crippen molar-refractivity contribution in [3.05, 3.63) is 114 Å². The van der Waals surface area contributed by atoms with Gasteiger partial charge in [0.2, 0.25) is 5.79 Å². The summed E-state index contributed by atoms with van der Waals surface area (Å²) < 4.78 is 26.1. The predicted octanol–water partition coefficient (Wildman–Crippen LogP) is 8.78. The molecule has 2 N–H and O–H groups in total. The van der Waals surface area contributed by atoms with E-state index in [1.54, 1.807) is 36.7 Å². The average molecular weight is 799 g/mol. The van der Waals surface area contributed by atoms with Crippen LogP contribution in [-0.4, -0.2) is 84.6 Å². The smallest absolute Gasteiger partial charge is 0.409 e. The molecular weight excluding hydrogens is 741 g/mol. The molecule has 1 saturated carbocycles. The zero-order chi connectivity index (χ0) is 40.0. The summed E-state index contributed by atoms with van der Waals surface area (Å²) in [6.45, 7) is 7.24. The highest BCUT2D eigenvalue weighted by Gasteiger charge is 2.65. The first kappa shape index (κ1) is 42.3. The molecule has 6 rings (SSSR count). The van der Waals surface area contributed by atoms with Gasteiger partial charge in [-0.15, -0.1) is 18.3 Å². The number of hydrogen-bond donors (Lipinski definition) is 2. The Bertz CT molecular complexity index is 1810. The Kier molecular flexibility index (Phi) is 15.5. The van der Waals surface area contributed by atoms with Crippen LogP contribution >= 0.6 is 11.8 Å². The van der Waals surface area contributed by atoms with Crippen molar-refractivity contribution in [1.29, 1.82) is 0 Å². The number of allylic oxidation sites excluding steroid dienone is 1. The van der Waals surface area contributed by atoms with Gasteiger partial charge < -0.3 is 38.9 Å². The Morgan fingerprint density at radius 1 is 1.02 bits per heavy atom. The maximum Gasteiger partial charge on any atom is 0.409 e. The first-order valence-electron chi connectivity index (χ1n) is 20.4. The van der Waals surface area contributed by atoms with E-state index in [-0.39, 0.29) is 50.8 Å². The van der Waals surface area contributed by atoms with Crippen molar-refractivity contribution in [2.45, 2.75) is 81.1 Å². The van der Waals surface area contributed by atoms with Crippen molar-refractivity contribution in [2.24, 2.45) is 22.9 Å². The lowest BCUT2D eigenvalue weighted by Crippen LogP contribution is -2.69. The van der Waals surface area contributed by atoms with E-state index >= 15 is 0 Å². The molecule has 0 radical (unpaired) electrons. The van der Waals surface area contributed by atoms with Crippen molar-refractivity contribution in [2.75, 3.05) is 45.8 Å². The second kappa shape index (κ2) is 20.9. The fourth-order valence-electron chi connectivity index (χ4n) is 8.76. The second-order valence-electron chi connectivity index (χ2n) is 14.9. The van der Waals surface area contributed by atoms with Crippen LogP contribution in [0.4, 0.5) is 4.79 Å². The van der Waals surface area contributed by atoms with Gasteiger partial charge in [-0.05, 0) is 85.9 Å². The van der Waals surface area contributed by atoms with Crippen molar-refractivity contribution in [1.82, 2.24) is 4.90 Å². The summed E-state index contributed by atoms with van der Waals surface area (Å²) in [6, 6.07) is 25.6. The Labute approximate surface area is 341 Å². The van der Waals surface area contributed by atoms with Crippen LogP contribution in [0.5, 0.6) is 11.5 Å². The largest absolute Gasteiger partial charge is 0.493 e. The number of rotatable bonds is 21. The lowest BCUT2D eigenvalue weighted by atomic mass is 9.55. The van der Waals surface area contributed by atoms with E-state index in [0.29, 0.717) is 31.6 Å². The molecule has 3 aromatic carbocycles. The van der Waals surface area contributed by atoms with Crippen LogP contribution in [0.1, 0.15) is 68.9 Å². The number of carbonyl (C=O) groups excluding carboxylic acids is 1. The highest BCUT2D eigenvalue weighted by atomic mass is 32.2. The minimum Gasteiger partial charge on any atom is -0.493 e. The summed E-state index contributed by atoms with van der Waals surface area (Å²) in [7, 11) is 1.73. The molecule has 1 heterocycles. The van der Waals surface area contributed by atoms with Crippen LogP contribution in [0.25, 0.3) is 0 Å². The third kappa shape index (κ3) is 10.1. The maximum atomic E-state index is 13.7. The molecule has 1 amide bonds. The molecule has 1 fully saturated rings. The molecule has 2 aliphatic carbocycles. The second-order valence-corrected chi connectivity index (χ2v) is 16.0. The minimum atomic E-state index is -1.34.